The number of carbonyl (C=O) groups is 2. The summed E-state index contributed by atoms with van der Waals surface area (Å²) in [4.78, 5) is 25.3. The van der Waals surface area contributed by atoms with Crippen molar-refractivity contribution < 1.29 is 14.3 Å². The number of benzene rings is 1. The first-order chi connectivity index (χ1) is 11.5. The summed E-state index contributed by atoms with van der Waals surface area (Å²) in [5.74, 6) is -0.810. The largest absolute Gasteiger partial charge is 0.462 e. The Kier molecular flexibility index (Phi) is 6.26. The molecule has 2 rings (SSSR count). The van der Waals surface area contributed by atoms with E-state index >= 15 is 0 Å². The molecule has 2 aromatic rings. The van der Waals surface area contributed by atoms with E-state index in [9.17, 15) is 9.59 Å². The molecule has 1 amide bonds. The number of rotatable bonds is 5. The zero-order chi connectivity index (χ0) is 17.7. The Bertz CT molecular complexity index is 810. The van der Waals surface area contributed by atoms with Gasteiger partial charge in [0.1, 0.15) is 15.3 Å². The molecule has 0 saturated heterocycles. The highest BCUT2D eigenvalue weighted by atomic mass is 35.5. The first kappa shape index (κ1) is 18.3. The minimum absolute atomic E-state index is 0.253. The summed E-state index contributed by atoms with van der Waals surface area (Å²) in [5, 5.41) is 14.7. The number of thioether (sulfide) groups is 1. The number of nitriles is 1. The third kappa shape index (κ3) is 4.09. The van der Waals surface area contributed by atoms with Gasteiger partial charge in [-0.3, -0.25) is 4.79 Å². The van der Waals surface area contributed by atoms with Crippen LogP contribution in [0.4, 0.5) is 5.00 Å². The average molecular weight is 381 g/mol. The number of hydrogen-bond donors (Lipinski definition) is 1. The molecule has 0 saturated carbocycles. The minimum atomic E-state index is -0.466. The number of amides is 1. The van der Waals surface area contributed by atoms with Crippen LogP contribution in [0.1, 0.15) is 32.5 Å². The Morgan fingerprint density at radius 3 is 2.62 bits per heavy atom. The molecule has 5 nitrogen and oxygen atoms in total. The highest BCUT2D eigenvalue weighted by molar-refractivity contribution is 8.04. The maximum atomic E-state index is 12.3. The van der Waals surface area contributed by atoms with Crippen LogP contribution in [-0.4, -0.2) is 18.5 Å². The summed E-state index contributed by atoms with van der Waals surface area (Å²) in [7, 11) is 0. The molecule has 0 aliphatic rings. The third-order valence-electron chi connectivity index (χ3n) is 3.03. The van der Waals surface area contributed by atoms with Gasteiger partial charge in [-0.25, -0.2) is 4.79 Å². The number of thiocyanates is 1. The van der Waals surface area contributed by atoms with Gasteiger partial charge < -0.3 is 10.1 Å². The molecular formula is C16H13ClN2O3S2. The molecule has 0 atom stereocenters. The van der Waals surface area contributed by atoms with Crippen molar-refractivity contribution in [2.45, 2.75) is 18.7 Å². The van der Waals surface area contributed by atoms with Gasteiger partial charge in [0.05, 0.1) is 11.5 Å². The quantitative estimate of drug-likeness (QED) is 0.461. The Morgan fingerprint density at radius 1 is 1.38 bits per heavy atom. The van der Waals surface area contributed by atoms with Crippen molar-refractivity contribution in [3.63, 3.8) is 0 Å². The number of anilines is 1. The SMILES string of the molecule is CCOC(=O)c1sc(NC(=O)c2ccc(Cl)cc2)c(SC#N)c1C. The number of esters is 1. The third-order valence-corrected chi connectivity index (χ3v) is 5.41. The van der Waals surface area contributed by atoms with Gasteiger partial charge in [-0.2, -0.15) is 5.26 Å². The van der Waals surface area contributed by atoms with E-state index in [0.29, 0.717) is 30.9 Å². The Hall–Kier alpha value is -2.01. The Labute approximate surface area is 152 Å². The van der Waals surface area contributed by atoms with Gasteiger partial charge in [0.25, 0.3) is 5.91 Å². The lowest BCUT2D eigenvalue weighted by molar-refractivity contribution is 0.0531. The first-order valence-corrected chi connectivity index (χ1v) is 8.92. The van der Waals surface area contributed by atoms with Crippen LogP contribution in [0.25, 0.3) is 0 Å². The lowest BCUT2D eigenvalue weighted by atomic mass is 10.2. The fourth-order valence-corrected chi connectivity index (χ4v) is 3.84. The van der Waals surface area contributed by atoms with Crippen LogP contribution in [-0.2, 0) is 4.74 Å². The number of halogens is 1. The van der Waals surface area contributed by atoms with Crippen molar-refractivity contribution in [3.05, 3.63) is 45.3 Å². The van der Waals surface area contributed by atoms with Gasteiger partial charge >= 0.3 is 5.97 Å². The first-order valence-electron chi connectivity index (χ1n) is 6.91. The molecule has 0 unspecified atom stereocenters. The Morgan fingerprint density at radius 2 is 2.04 bits per heavy atom. The van der Waals surface area contributed by atoms with Gasteiger partial charge in [0, 0.05) is 10.6 Å². The van der Waals surface area contributed by atoms with E-state index in [2.05, 4.69) is 5.32 Å². The number of ether oxygens (including phenoxy) is 1. The standard InChI is InChI=1S/C16H13ClN2O3S2/c1-3-22-16(21)13-9(2)12(23-8-18)15(24-13)19-14(20)10-4-6-11(17)7-5-10/h4-7H,3H2,1-2H3,(H,19,20). The molecule has 24 heavy (non-hydrogen) atoms. The zero-order valence-electron chi connectivity index (χ0n) is 12.9. The fourth-order valence-electron chi connectivity index (χ4n) is 1.92. The fraction of sp³-hybridized carbons (Fsp3) is 0.188. The second-order valence-corrected chi connectivity index (χ2v) is 6.84. The normalized spacial score (nSPS) is 10.1. The molecule has 1 heterocycles. The predicted octanol–water partition coefficient (Wildman–Crippen LogP) is 4.71. The van der Waals surface area contributed by atoms with Gasteiger partial charge in [-0.05, 0) is 55.4 Å². The van der Waals surface area contributed by atoms with Crippen LogP contribution < -0.4 is 5.32 Å². The molecule has 0 fully saturated rings. The summed E-state index contributed by atoms with van der Waals surface area (Å²) in [6.45, 7) is 3.69. The number of nitrogens with zero attached hydrogens (tertiary/aromatic N) is 1. The van der Waals surface area contributed by atoms with E-state index in [1.54, 1.807) is 38.1 Å². The van der Waals surface area contributed by atoms with Gasteiger partial charge in [0.2, 0.25) is 0 Å². The van der Waals surface area contributed by atoms with Gasteiger partial charge in [0.15, 0.2) is 0 Å². The van der Waals surface area contributed by atoms with E-state index < -0.39 is 5.97 Å². The van der Waals surface area contributed by atoms with E-state index in [1.807, 2.05) is 5.40 Å². The second-order valence-electron chi connectivity index (χ2n) is 4.59. The van der Waals surface area contributed by atoms with Crippen molar-refractivity contribution in [3.8, 4) is 5.40 Å². The number of carbonyl (C=O) groups excluding carboxylic acids is 2. The molecule has 124 valence electrons. The van der Waals surface area contributed by atoms with Crippen LogP contribution >= 0.6 is 34.7 Å². The molecule has 1 aromatic carbocycles. The molecule has 0 aliphatic heterocycles. The number of thiophene rings is 1. The van der Waals surface area contributed by atoms with Crippen LogP contribution in [0.15, 0.2) is 29.2 Å². The average Bonchev–Trinajstić information content (AvgIpc) is 2.85. The molecule has 0 radical (unpaired) electrons. The van der Waals surface area contributed by atoms with Crippen molar-refractivity contribution >= 4 is 51.6 Å². The highest BCUT2D eigenvalue weighted by Gasteiger charge is 2.23. The van der Waals surface area contributed by atoms with Crippen molar-refractivity contribution in [1.82, 2.24) is 0 Å². The van der Waals surface area contributed by atoms with Crippen LogP contribution in [0.3, 0.4) is 0 Å². The Balaban J connectivity index is 2.33. The van der Waals surface area contributed by atoms with Crippen LogP contribution in [0.5, 0.6) is 0 Å². The summed E-state index contributed by atoms with van der Waals surface area (Å²) >= 11 is 7.80. The van der Waals surface area contributed by atoms with Gasteiger partial charge in [-0.15, -0.1) is 11.3 Å². The summed E-state index contributed by atoms with van der Waals surface area (Å²) in [5.41, 5.74) is 1.05. The smallest absolute Gasteiger partial charge is 0.348 e. The number of nitrogens with one attached hydrogen (secondary N) is 1. The maximum absolute atomic E-state index is 12.3. The van der Waals surface area contributed by atoms with E-state index in [4.69, 9.17) is 21.6 Å². The molecule has 0 aliphatic carbocycles. The van der Waals surface area contributed by atoms with Crippen molar-refractivity contribution in [1.29, 1.82) is 5.26 Å². The second kappa shape index (κ2) is 8.20. The molecular weight excluding hydrogens is 368 g/mol. The van der Waals surface area contributed by atoms with Crippen LogP contribution in [0, 0.1) is 17.6 Å². The van der Waals surface area contributed by atoms with Crippen molar-refractivity contribution in [2.24, 2.45) is 0 Å². The minimum Gasteiger partial charge on any atom is -0.462 e. The summed E-state index contributed by atoms with van der Waals surface area (Å²) in [6, 6.07) is 6.43. The molecule has 0 bridgehead atoms. The monoisotopic (exact) mass is 380 g/mol. The van der Waals surface area contributed by atoms with Crippen molar-refractivity contribution in [2.75, 3.05) is 11.9 Å². The molecule has 1 N–H and O–H groups in total. The van der Waals surface area contributed by atoms with E-state index in [1.165, 1.54) is 0 Å². The number of hydrogen-bond acceptors (Lipinski definition) is 6. The van der Waals surface area contributed by atoms with E-state index in [0.717, 1.165) is 23.1 Å². The summed E-state index contributed by atoms with van der Waals surface area (Å²) < 4.78 is 5.01. The molecule has 1 aromatic heterocycles. The lowest BCUT2D eigenvalue weighted by Crippen LogP contribution is -2.11. The molecule has 8 heteroatoms. The lowest BCUT2D eigenvalue weighted by Gasteiger charge is -2.04. The topological polar surface area (TPSA) is 79.2 Å². The zero-order valence-corrected chi connectivity index (χ0v) is 15.3. The highest BCUT2D eigenvalue weighted by Crippen LogP contribution is 2.40. The predicted molar refractivity (Wildman–Crippen MR) is 95.9 cm³/mol. The van der Waals surface area contributed by atoms with Gasteiger partial charge in [-0.1, -0.05) is 11.6 Å². The van der Waals surface area contributed by atoms with E-state index in [-0.39, 0.29) is 12.5 Å². The summed E-state index contributed by atoms with van der Waals surface area (Å²) in [6.07, 6.45) is 0. The maximum Gasteiger partial charge on any atom is 0.348 e. The molecule has 0 spiro atoms. The van der Waals surface area contributed by atoms with Crippen LogP contribution in [0.2, 0.25) is 5.02 Å².